The minimum absolute atomic E-state index is 0.281. The molecule has 0 spiro atoms. The molecule has 0 rings (SSSR count). The molecule has 0 aliphatic heterocycles. The highest BCUT2D eigenvalue weighted by Crippen LogP contribution is 1.60. The minimum atomic E-state index is -1.08. The Morgan fingerprint density at radius 1 is 1.78 bits per heavy atom. The Kier molecular flexibility index (Phi) is 13.0. The quantitative estimate of drug-likeness (QED) is 0.434. The van der Waals surface area contributed by atoms with Crippen LogP contribution in [-0.4, -0.2) is 24.2 Å². The van der Waals surface area contributed by atoms with Gasteiger partial charge in [-0.25, -0.2) is 0 Å². The fourth-order valence-electron chi connectivity index (χ4n) is 0.112. The summed E-state index contributed by atoms with van der Waals surface area (Å²) in [6.45, 7) is 2.10. The van der Waals surface area contributed by atoms with E-state index in [0.29, 0.717) is 0 Å². The molecule has 9 heavy (non-hydrogen) atoms. The van der Waals surface area contributed by atoms with E-state index < -0.39 is 5.97 Å². The van der Waals surface area contributed by atoms with Crippen molar-refractivity contribution in [3.63, 3.8) is 0 Å². The van der Waals surface area contributed by atoms with E-state index in [4.69, 9.17) is 15.0 Å². The highest BCUT2D eigenvalue weighted by molar-refractivity contribution is 5.60. The lowest BCUT2D eigenvalue weighted by atomic mass is 10.5. The summed E-state index contributed by atoms with van der Waals surface area (Å²) in [5.41, 5.74) is 3.52. The Bertz CT molecular complexity index is 59.2. The zero-order valence-corrected chi connectivity index (χ0v) is 5.59. The number of rotatable bonds is 2. The molecule has 4 N–H and O–H groups in total. The zero-order chi connectivity index (χ0) is 7.70. The molecule has 0 aromatic heterocycles. The maximum Gasteiger partial charge on any atom is 0.0762 e. The number of hydrogen-bond donors (Lipinski definition) is 2. The van der Waals surface area contributed by atoms with Gasteiger partial charge in [0.2, 0.25) is 0 Å². The Morgan fingerprint density at radius 3 is 2.11 bits per heavy atom. The molecule has 0 radical (unpaired) electrons. The van der Waals surface area contributed by atoms with Crippen molar-refractivity contribution in [1.82, 2.24) is 0 Å². The third kappa shape index (κ3) is 111. The summed E-state index contributed by atoms with van der Waals surface area (Å²) >= 11 is 0. The lowest BCUT2D eigenvalue weighted by Crippen LogP contribution is -2.50. The van der Waals surface area contributed by atoms with Gasteiger partial charge in [0.25, 0.3) is 0 Å². The molecular formula is C5H13NO3. The van der Waals surface area contributed by atoms with Crippen molar-refractivity contribution >= 4 is 5.97 Å². The van der Waals surface area contributed by atoms with E-state index in [1.165, 1.54) is 0 Å². The van der Waals surface area contributed by atoms with E-state index in [-0.39, 0.29) is 6.61 Å². The minimum Gasteiger partial charge on any atom is -0.550 e. The smallest absolute Gasteiger partial charge is 0.0762 e. The zero-order valence-electron chi connectivity index (χ0n) is 5.59. The first-order valence-electron chi connectivity index (χ1n) is 2.72. The molecule has 0 saturated carbocycles. The Morgan fingerprint density at radius 2 is 2.11 bits per heavy atom. The molecule has 0 saturated heterocycles. The van der Waals surface area contributed by atoms with Crippen LogP contribution in [0.15, 0.2) is 0 Å². The van der Waals surface area contributed by atoms with Crippen molar-refractivity contribution in [3.8, 4) is 0 Å². The number of aliphatic hydroxyl groups is 1. The number of aliphatic hydroxyl groups excluding tert-OH is 1. The molecule has 0 aromatic carbocycles. The van der Waals surface area contributed by atoms with Crippen molar-refractivity contribution in [1.29, 1.82) is 0 Å². The molecule has 0 fully saturated rings. The van der Waals surface area contributed by atoms with Crippen LogP contribution in [0.2, 0.25) is 0 Å². The first kappa shape index (κ1) is 11.2. The summed E-state index contributed by atoms with van der Waals surface area (Å²) in [7, 11) is 0. The largest absolute Gasteiger partial charge is 0.550 e. The summed E-state index contributed by atoms with van der Waals surface area (Å²) < 4.78 is 0. The van der Waals surface area contributed by atoms with Gasteiger partial charge >= 0.3 is 0 Å². The van der Waals surface area contributed by atoms with E-state index in [0.717, 1.165) is 19.9 Å². The summed E-state index contributed by atoms with van der Waals surface area (Å²) in [5, 5.41) is 16.9. The highest BCUT2D eigenvalue weighted by Gasteiger charge is 1.72. The van der Waals surface area contributed by atoms with Gasteiger partial charge in [-0.2, -0.15) is 0 Å². The number of quaternary nitrogens is 1. The van der Waals surface area contributed by atoms with Crippen LogP contribution in [0.5, 0.6) is 0 Å². The molecule has 0 bridgehead atoms. The maximum absolute atomic E-state index is 8.89. The molecule has 0 aliphatic carbocycles. The van der Waals surface area contributed by atoms with E-state index in [1.54, 1.807) is 0 Å². The second-order valence-corrected chi connectivity index (χ2v) is 1.42. The van der Waals surface area contributed by atoms with Crippen LogP contribution >= 0.6 is 0 Å². The van der Waals surface area contributed by atoms with Crippen LogP contribution in [0.4, 0.5) is 0 Å². The van der Waals surface area contributed by atoms with Crippen LogP contribution in [0.1, 0.15) is 13.3 Å². The van der Waals surface area contributed by atoms with Crippen LogP contribution < -0.4 is 10.8 Å². The predicted octanol–water partition coefficient (Wildman–Crippen LogP) is -2.63. The monoisotopic (exact) mass is 135 g/mol. The van der Waals surface area contributed by atoms with Gasteiger partial charge < -0.3 is 20.7 Å². The van der Waals surface area contributed by atoms with Gasteiger partial charge in [0.1, 0.15) is 0 Å². The number of carbonyl (C=O) groups is 1. The standard InChI is InChI=1S/C3H9NO.C2H4O2/c4-2-1-3-5;1-2(3)4/h5H,1-4H2;1H3,(H,3,4). The second kappa shape index (κ2) is 10.4. The number of aliphatic carboxylic acids is 1. The lowest BCUT2D eigenvalue weighted by molar-refractivity contribution is -0.369. The van der Waals surface area contributed by atoms with Crippen molar-refractivity contribution in [3.05, 3.63) is 0 Å². The van der Waals surface area contributed by atoms with Gasteiger partial charge in [0.05, 0.1) is 6.54 Å². The van der Waals surface area contributed by atoms with Gasteiger partial charge in [-0.3, -0.25) is 0 Å². The summed E-state index contributed by atoms with van der Waals surface area (Å²) in [6.07, 6.45) is 0.833. The van der Waals surface area contributed by atoms with E-state index in [2.05, 4.69) is 5.73 Å². The van der Waals surface area contributed by atoms with Crippen molar-refractivity contribution in [2.75, 3.05) is 13.2 Å². The van der Waals surface area contributed by atoms with Crippen molar-refractivity contribution < 1.29 is 20.7 Å². The molecule has 0 amide bonds. The third-order valence-electron chi connectivity index (χ3n) is 0.408. The van der Waals surface area contributed by atoms with Gasteiger partial charge in [-0.15, -0.1) is 0 Å². The first-order valence-corrected chi connectivity index (χ1v) is 2.72. The third-order valence-corrected chi connectivity index (χ3v) is 0.408. The molecule has 0 atom stereocenters. The highest BCUT2D eigenvalue weighted by atomic mass is 16.4. The molecule has 0 heterocycles. The van der Waals surface area contributed by atoms with E-state index >= 15 is 0 Å². The van der Waals surface area contributed by atoms with Crippen LogP contribution in [0, 0.1) is 0 Å². The topological polar surface area (TPSA) is 88.0 Å². The van der Waals surface area contributed by atoms with Gasteiger partial charge in [-0.1, -0.05) is 0 Å². The lowest BCUT2D eigenvalue weighted by Gasteiger charge is -1.77. The summed E-state index contributed by atoms with van der Waals surface area (Å²) in [6, 6.07) is 0. The van der Waals surface area contributed by atoms with E-state index in [9.17, 15) is 0 Å². The Balaban J connectivity index is 0. The van der Waals surface area contributed by atoms with Crippen LogP contribution in [0.25, 0.3) is 0 Å². The van der Waals surface area contributed by atoms with Gasteiger partial charge in [-0.05, 0) is 6.92 Å². The molecule has 0 unspecified atom stereocenters. The number of carbonyl (C=O) groups excluding carboxylic acids is 1. The van der Waals surface area contributed by atoms with E-state index in [1.807, 2.05) is 0 Å². The number of hydrogen-bond acceptors (Lipinski definition) is 3. The van der Waals surface area contributed by atoms with Crippen LogP contribution in [0.3, 0.4) is 0 Å². The van der Waals surface area contributed by atoms with Crippen molar-refractivity contribution in [2.24, 2.45) is 0 Å². The average molecular weight is 135 g/mol. The number of carboxylic acid groups (broad SMARTS) is 1. The first-order chi connectivity index (χ1) is 4.15. The fraction of sp³-hybridized carbons (Fsp3) is 0.800. The van der Waals surface area contributed by atoms with Crippen LogP contribution in [-0.2, 0) is 4.79 Å². The number of carboxylic acids is 1. The van der Waals surface area contributed by atoms with Gasteiger partial charge in [0.15, 0.2) is 0 Å². The molecule has 56 valence electrons. The summed E-state index contributed by atoms with van der Waals surface area (Å²) in [5.74, 6) is -1.08. The predicted molar refractivity (Wildman–Crippen MR) is 30.1 cm³/mol. The Hall–Kier alpha value is -0.610. The maximum atomic E-state index is 8.89. The normalized spacial score (nSPS) is 7.44. The van der Waals surface area contributed by atoms with Crippen molar-refractivity contribution in [2.45, 2.75) is 13.3 Å². The molecule has 4 nitrogen and oxygen atoms in total. The molecule has 0 aromatic rings. The summed E-state index contributed by atoms with van der Waals surface area (Å²) in [4.78, 5) is 8.89. The average Bonchev–Trinajstić information content (AvgIpc) is 1.66. The second-order valence-electron chi connectivity index (χ2n) is 1.42. The van der Waals surface area contributed by atoms with Gasteiger partial charge in [0, 0.05) is 19.0 Å². The molecule has 4 heteroatoms. The molecular weight excluding hydrogens is 122 g/mol. The molecule has 0 aliphatic rings. The Labute approximate surface area is 54.3 Å². The fourth-order valence-corrected chi connectivity index (χ4v) is 0.112. The SMILES string of the molecule is CC(=O)[O-].[NH3+]CCCO.